The van der Waals surface area contributed by atoms with Crippen LogP contribution < -0.4 is 5.73 Å². The van der Waals surface area contributed by atoms with Crippen LogP contribution >= 0.6 is 11.6 Å². The van der Waals surface area contributed by atoms with Gasteiger partial charge in [0.15, 0.2) is 5.65 Å². The Bertz CT molecular complexity index is 830. The van der Waals surface area contributed by atoms with E-state index in [4.69, 9.17) is 17.3 Å². The molecule has 2 heterocycles. The van der Waals surface area contributed by atoms with Crippen LogP contribution in [0.25, 0.3) is 16.9 Å². The molecule has 0 spiro atoms. The lowest BCUT2D eigenvalue weighted by atomic mass is 10.3. The van der Waals surface area contributed by atoms with Crippen LogP contribution in [0.2, 0.25) is 5.02 Å². The Balaban J connectivity index is 2.35. The van der Waals surface area contributed by atoms with Gasteiger partial charge in [-0.25, -0.2) is 14.4 Å². The molecule has 0 aliphatic carbocycles. The standard InChI is InChI=1S/C13H8ClFN4O/c14-8-4-3-7(6-9(8)15)19-12-10(2-1-5-17-12)18-13(19)11(16)20/h1-6H,(H2,16,20). The van der Waals surface area contributed by atoms with Gasteiger partial charge in [-0.1, -0.05) is 11.6 Å². The average Bonchev–Trinajstić information content (AvgIpc) is 2.81. The second-order valence-corrected chi connectivity index (χ2v) is 4.49. The first-order chi connectivity index (χ1) is 9.58. The van der Waals surface area contributed by atoms with Crippen molar-refractivity contribution in [2.75, 3.05) is 0 Å². The third-order valence-electron chi connectivity index (χ3n) is 2.80. The van der Waals surface area contributed by atoms with E-state index in [-0.39, 0.29) is 10.8 Å². The summed E-state index contributed by atoms with van der Waals surface area (Å²) in [5, 5.41) is -0.00763. The van der Waals surface area contributed by atoms with Gasteiger partial charge < -0.3 is 5.73 Å². The molecule has 2 aromatic heterocycles. The minimum absolute atomic E-state index is 0.00763. The van der Waals surface area contributed by atoms with Crippen LogP contribution in [0.5, 0.6) is 0 Å². The molecule has 2 N–H and O–H groups in total. The largest absolute Gasteiger partial charge is 0.363 e. The van der Waals surface area contributed by atoms with Crippen molar-refractivity contribution in [1.29, 1.82) is 0 Å². The molecule has 0 radical (unpaired) electrons. The van der Waals surface area contributed by atoms with Crippen LogP contribution in [0.4, 0.5) is 4.39 Å². The number of pyridine rings is 1. The highest BCUT2D eigenvalue weighted by atomic mass is 35.5. The van der Waals surface area contributed by atoms with Crippen molar-refractivity contribution in [3.05, 3.63) is 53.2 Å². The molecule has 3 rings (SSSR count). The molecule has 100 valence electrons. The minimum Gasteiger partial charge on any atom is -0.363 e. The maximum atomic E-state index is 13.6. The number of rotatable bonds is 2. The van der Waals surface area contributed by atoms with E-state index < -0.39 is 11.7 Å². The summed E-state index contributed by atoms with van der Waals surface area (Å²) in [6, 6.07) is 7.54. The Morgan fingerprint density at radius 3 is 2.85 bits per heavy atom. The zero-order valence-electron chi connectivity index (χ0n) is 10.0. The molecule has 20 heavy (non-hydrogen) atoms. The van der Waals surface area contributed by atoms with Gasteiger partial charge in [0, 0.05) is 6.20 Å². The number of amides is 1. The Hall–Kier alpha value is -2.47. The van der Waals surface area contributed by atoms with E-state index in [9.17, 15) is 9.18 Å². The van der Waals surface area contributed by atoms with Gasteiger partial charge in [0.05, 0.1) is 10.7 Å². The van der Waals surface area contributed by atoms with Gasteiger partial charge in [0.25, 0.3) is 5.91 Å². The van der Waals surface area contributed by atoms with Crippen molar-refractivity contribution in [3.63, 3.8) is 0 Å². The van der Waals surface area contributed by atoms with Crippen molar-refractivity contribution in [1.82, 2.24) is 14.5 Å². The number of carbonyl (C=O) groups excluding carboxylic acids is 1. The summed E-state index contributed by atoms with van der Waals surface area (Å²) < 4.78 is 15.0. The molecule has 3 aromatic rings. The number of fused-ring (bicyclic) bond motifs is 1. The van der Waals surface area contributed by atoms with Gasteiger partial charge in [-0.2, -0.15) is 0 Å². The number of carbonyl (C=O) groups is 1. The number of nitrogens with zero attached hydrogens (tertiary/aromatic N) is 3. The molecule has 0 fully saturated rings. The highest BCUT2D eigenvalue weighted by Gasteiger charge is 2.18. The maximum Gasteiger partial charge on any atom is 0.285 e. The fourth-order valence-electron chi connectivity index (χ4n) is 1.95. The normalized spacial score (nSPS) is 10.9. The van der Waals surface area contributed by atoms with Crippen LogP contribution in [-0.2, 0) is 0 Å². The molecule has 0 aliphatic rings. The Labute approximate surface area is 117 Å². The van der Waals surface area contributed by atoms with E-state index in [1.54, 1.807) is 24.4 Å². The molecule has 5 nitrogen and oxygen atoms in total. The first-order valence-electron chi connectivity index (χ1n) is 5.66. The Morgan fingerprint density at radius 1 is 1.35 bits per heavy atom. The summed E-state index contributed by atoms with van der Waals surface area (Å²) in [4.78, 5) is 19.8. The zero-order valence-corrected chi connectivity index (χ0v) is 10.8. The predicted molar refractivity (Wildman–Crippen MR) is 72.4 cm³/mol. The van der Waals surface area contributed by atoms with Gasteiger partial charge in [-0.05, 0) is 30.3 Å². The van der Waals surface area contributed by atoms with Crippen molar-refractivity contribution < 1.29 is 9.18 Å². The second-order valence-electron chi connectivity index (χ2n) is 4.08. The van der Waals surface area contributed by atoms with E-state index in [1.165, 1.54) is 16.7 Å². The summed E-state index contributed by atoms with van der Waals surface area (Å²) in [7, 11) is 0. The zero-order chi connectivity index (χ0) is 14.3. The summed E-state index contributed by atoms with van der Waals surface area (Å²) in [6.07, 6.45) is 1.55. The summed E-state index contributed by atoms with van der Waals surface area (Å²) in [5.41, 5.74) is 6.61. The molecule has 0 bridgehead atoms. The van der Waals surface area contributed by atoms with Crippen molar-refractivity contribution in [2.24, 2.45) is 5.73 Å². The Morgan fingerprint density at radius 2 is 2.15 bits per heavy atom. The average molecular weight is 291 g/mol. The molecule has 0 atom stereocenters. The van der Waals surface area contributed by atoms with Crippen LogP contribution in [0.15, 0.2) is 36.5 Å². The first-order valence-corrected chi connectivity index (χ1v) is 6.04. The molecule has 1 aromatic carbocycles. The lowest BCUT2D eigenvalue weighted by molar-refractivity contribution is 0.0989. The van der Waals surface area contributed by atoms with Gasteiger partial charge in [0.2, 0.25) is 5.82 Å². The number of hydrogen-bond acceptors (Lipinski definition) is 3. The lowest BCUT2D eigenvalue weighted by Gasteiger charge is -2.07. The number of nitrogens with two attached hydrogens (primary N) is 1. The summed E-state index contributed by atoms with van der Waals surface area (Å²) in [6.45, 7) is 0. The van der Waals surface area contributed by atoms with Crippen molar-refractivity contribution in [3.8, 4) is 5.69 Å². The molecule has 1 amide bonds. The van der Waals surface area contributed by atoms with Crippen LogP contribution in [0.1, 0.15) is 10.6 Å². The number of primary amides is 1. The highest BCUT2D eigenvalue weighted by Crippen LogP contribution is 2.23. The van der Waals surface area contributed by atoms with Crippen molar-refractivity contribution >= 4 is 28.7 Å². The third-order valence-corrected chi connectivity index (χ3v) is 3.10. The predicted octanol–water partition coefficient (Wildman–Crippen LogP) is 2.31. The molecule has 7 heteroatoms. The van der Waals surface area contributed by atoms with Gasteiger partial charge in [-0.15, -0.1) is 0 Å². The number of imidazole rings is 1. The number of hydrogen-bond donors (Lipinski definition) is 1. The van der Waals surface area contributed by atoms with Crippen LogP contribution in [0, 0.1) is 5.82 Å². The second kappa shape index (κ2) is 4.57. The molecular formula is C13H8ClFN4O. The number of benzene rings is 1. The van der Waals surface area contributed by atoms with Gasteiger partial charge in [-0.3, -0.25) is 9.36 Å². The van der Waals surface area contributed by atoms with E-state index in [0.29, 0.717) is 16.9 Å². The molecule has 0 unspecified atom stereocenters. The molecular weight excluding hydrogens is 283 g/mol. The number of aromatic nitrogens is 3. The Kier molecular flexibility index (Phi) is 2.87. The van der Waals surface area contributed by atoms with Crippen LogP contribution in [-0.4, -0.2) is 20.4 Å². The van der Waals surface area contributed by atoms with E-state index >= 15 is 0 Å². The SMILES string of the molecule is NC(=O)c1nc2cccnc2n1-c1ccc(Cl)c(F)c1. The van der Waals surface area contributed by atoms with Crippen molar-refractivity contribution in [2.45, 2.75) is 0 Å². The van der Waals surface area contributed by atoms with Crippen LogP contribution in [0.3, 0.4) is 0 Å². The fraction of sp³-hybridized carbons (Fsp3) is 0. The molecule has 0 saturated carbocycles. The van der Waals surface area contributed by atoms with E-state index in [0.717, 1.165) is 0 Å². The lowest BCUT2D eigenvalue weighted by Crippen LogP contribution is -2.17. The number of halogens is 2. The topological polar surface area (TPSA) is 73.8 Å². The fourth-order valence-corrected chi connectivity index (χ4v) is 2.06. The quantitative estimate of drug-likeness (QED) is 0.787. The van der Waals surface area contributed by atoms with Gasteiger partial charge >= 0.3 is 0 Å². The summed E-state index contributed by atoms with van der Waals surface area (Å²) in [5.74, 6) is -1.34. The monoisotopic (exact) mass is 290 g/mol. The van der Waals surface area contributed by atoms with E-state index in [2.05, 4.69) is 9.97 Å². The highest BCUT2D eigenvalue weighted by molar-refractivity contribution is 6.30. The molecule has 0 aliphatic heterocycles. The third kappa shape index (κ3) is 1.90. The summed E-state index contributed by atoms with van der Waals surface area (Å²) >= 11 is 5.66. The minimum atomic E-state index is -0.724. The van der Waals surface area contributed by atoms with E-state index in [1.807, 2.05) is 0 Å². The maximum absolute atomic E-state index is 13.6. The molecule has 0 saturated heterocycles. The first kappa shape index (κ1) is 12.6. The van der Waals surface area contributed by atoms with Gasteiger partial charge in [0.1, 0.15) is 11.3 Å². The smallest absolute Gasteiger partial charge is 0.285 e.